The highest BCUT2D eigenvalue weighted by Crippen LogP contribution is 2.64. The van der Waals surface area contributed by atoms with Crippen LogP contribution in [0, 0.1) is 11.8 Å². The molecule has 2 N–H and O–H groups in total. The van der Waals surface area contributed by atoms with Gasteiger partial charge in [-0.15, -0.1) is 0 Å². The van der Waals surface area contributed by atoms with Gasteiger partial charge in [0.15, 0.2) is 11.6 Å². The van der Waals surface area contributed by atoms with Crippen LogP contribution in [0.25, 0.3) is 11.3 Å². The molecule has 2 fully saturated rings. The largest absolute Gasteiger partial charge is 0.431 e. The van der Waals surface area contributed by atoms with E-state index >= 15 is 0 Å². The van der Waals surface area contributed by atoms with Crippen molar-refractivity contribution < 1.29 is 23.0 Å². The Bertz CT molecular complexity index is 908. The van der Waals surface area contributed by atoms with Gasteiger partial charge in [-0.2, -0.15) is 13.9 Å². The lowest BCUT2D eigenvalue weighted by Gasteiger charge is -2.21. The first-order chi connectivity index (χ1) is 14.8. The van der Waals surface area contributed by atoms with Crippen LogP contribution in [-0.2, 0) is 9.47 Å². The molecule has 0 spiro atoms. The van der Waals surface area contributed by atoms with E-state index in [0.717, 1.165) is 12.8 Å². The van der Waals surface area contributed by atoms with Crippen molar-refractivity contribution in [3.8, 4) is 17.0 Å². The maximum absolute atomic E-state index is 12.7. The summed E-state index contributed by atoms with van der Waals surface area (Å²) in [5.74, 6) is 1.41. The third-order valence-corrected chi connectivity index (χ3v) is 6.22. The first-order valence-electron chi connectivity index (χ1n) is 10.7. The molecule has 2 heterocycles. The van der Waals surface area contributed by atoms with Crippen molar-refractivity contribution in [2.24, 2.45) is 11.8 Å². The van der Waals surface area contributed by atoms with Crippen LogP contribution < -0.4 is 10.5 Å². The van der Waals surface area contributed by atoms with Crippen molar-refractivity contribution in [1.82, 2.24) is 14.8 Å². The van der Waals surface area contributed by atoms with Gasteiger partial charge in [-0.25, -0.2) is 4.98 Å². The Balaban J connectivity index is 1.52. The SMILES string of the molecule is COCC(C)OC1C[C@@H]2C(c3cc(-c4cnc(N)c(OC(F)F)c4)nn3C(C)C)[C@@H]2C1. The average Bonchev–Trinajstić information content (AvgIpc) is 3.05. The lowest BCUT2D eigenvalue weighted by molar-refractivity contribution is -0.0494. The maximum Gasteiger partial charge on any atom is 0.387 e. The van der Waals surface area contributed by atoms with E-state index in [-0.39, 0.29) is 29.8 Å². The second kappa shape index (κ2) is 8.70. The molecule has 0 aliphatic heterocycles. The van der Waals surface area contributed by atoms with Crippen molar-refractivity contribution in [2.75, 3.05) is 19.5 Å². The van der Waals surface area contributed by atoms with Gasteiger partial charge in [0.05, 0.1) is 24.5 Å². The van der Waals surface area contributed by atoms with Crippen molar-refractivity contribution in [1.29, 1.82) is 0 Å². The number of nitrogen functional groups attached to an aromatic ring is 1. The van der Waals surface area contributed by atoms with Crippen molar-refractivity contribution in [3.63, 3.8) is 0 Å². The molecule has 31 heavy (non-hydrogen) atoms. The fraction of sp³-hybridized carbons (Fsp3) is 0.636. The molecule has 0 amide bonds. The molecule has 2 aromatic rings. The number of fused-ring (bicyclic) bond motifs is 1. The number of anilines is 1. The van der Waals surface area contributed by atoms with E-state index in [0.29, 0.717) is 35.6 Å². The molecule has 3 unspecified atom stereocenters. The summed E-state index contributed by atoms with van der Waals surface area (Å²) >= 11 is 0. The Hall–Kier alpha value is -2.26. The molecule has 0 radical (unpaired) electrons. The molecule has 2 saturated carbocycles. The maximum atomic E-state index is 12.7. The second-order valence-electron chi connectivity index (χ2n) is 8.83. The van der Waals surface area contributed by atoms with Gasteiger partial charge < -0.3 is 19.9 Å². The number of aromatic nitrogens is 3. The van der Waals surface area contributed by atoms with Crippen molar-refractivity contribution >= 4 is 5.82 Å². The molecule has 4 rings (SSSR count). The van der Waals surface area contributed by atoms with E-state index in [9.17, 15) is 8.78 Å². The molecule has 7 nitrogen and oxygen atoms in total. The standard InChI is InChI=1S/C22H30F2N4O3/c1-11(2)28-18(20-15-6-14(7-16(15)20)30-12(3)10-29-4)8-17(27-28)13-5-19(31-22(23)24)21(25)26-9-13/h5,8-9,11-12,14-16,20,22H,6-7,10H2,1-4H3,(H2,25,26)/t12?,14?,15-,16+,20?. The number of methoxy groups -OCH3 is 1. The average molecular weight is 437 g/mol. The first kappa shape index (κ1) is 22.0. The quantitative estimate of drug-likeness (QED) is 0.633. The van der Waals surface area contributed by atoms with Crippen LogP contribution >= 0.6 is 0 Å². The smallest absolute Gasteiger partial charge is 0.387 e. The number of nitrogens with zero attached hydrogens (tertiary/aromatic N) is 3. The number of rotatable bonds is 9. The molecule has 9 heteroatoms. The normalized spacial score (nSPS) is 25.8. The van der Waals surface area contributed by atoms with E-state index in [1.807, 2.05) is 17.7 Å². The zero-order chi connectivity index (χ0) is 22.3. The summed E-state index contributed by atoms with van der Waals surface area (Å²) in [6.07, 6.45) is 4.00. The fourth-order valence-electron chi connectivity index (χ4n) is 4.94. The van der Waals surface area contributed by atoms with Crippen LogP contribution in [0.3, 0.4) is 0 Å². The molecule has 2 aliphatic carbocycles. The van der Waals surface area contributed by atoms with E-state index in [1.54, 1.807) is 13.3 Å². The van der Waals surface area contributed by atoms with Gasteiger partial charge in [-0.05, 0) is 57.6 Å². The van der Waals surface area contributed by atoms with Crippen molar-refractivity contribution in [3.05, 3.63) is 24.0 Å². The Kier molecular flexibility index (Phi) is 6.16. The first-order valence-corrected chi connectivity index (χ1v) is 10.7. The minimum absolute atomic E-state index is 0.0713. The molecule has 2 aliphatic rings. The van der Waals surface area contributed by atoms with Gasteiger partial charge in [-0.3, -0.25) is 4.68 Å². The van der Waals surface area contributed by atoms with Crippen molar-refractivity contribution in [2.45, 2.75) is 64.4 Å². The van der Waals surface area contributed by atoms with E-state index in [4.69, 9.17) is 20.3 Å². The predicted octanol–water partition coefficient (Wildman–Crippen LogP) is 4.25. The topological polar surface area (TPSA) is 84.4 Å². The Labute approximate surface area is 180 Å². The van der Waals surface area contributed by atoms with Gasteiger partial charge in [0.2, 0.25) is 0 Å². The Morgan fingerprint density at radius 3 is 2.52 bits per heavy atom. The number of ether oxygens (including phenoxy) is 3. The van der Waals surface area contributed by atoms with E-state index in [1.165, 1.54) is 11.8 Å². The highest BCUT2D eigenvalue weighted by Gasteiger charge is 2.58. The summed E-state index contributed by atoms with van der Waals surface area (Å²) in [6, 6.07) is 3.70. The van der Waals surface area contributed by atoms with Gasteiger partial charge in [-0.1, -0.05) is 0 Å². The summed E-state index contributed by atoms with van der Waals surface area (Å²) in [4.78, 5) is 4.01. The predicted molar refractivity (Wildman–Crippen MR) is 112 cm³/mol. The number of alkyl halides is 2. The molecule has 0 aromatic carbocycles. The van der Waals surface area contributed by atoms with Gasteiger partial charge in [0, 0.05) is 36.5 Å². The zero-order valence-corrected chi connectivity index (χ0v) is 18.3. The summed E-state index contributed by atoms with van der Waals surface area (Å²) in [5, 5.41) is 4.76. The van der Waals surface area contributed by atoms with Crippen LogP contribution in [0.2, 0.25) is 0 Å². The van der Waals surface area contributed by atoms with E-state index in [2.05, 4.69) is 23.6 Å². The number of hydrogen-bond donors (Lipinski definition) is 1. The highest BCUT2D eigenvalue weighted by molar-refractivity contribution is 5.64. The lowest BCUT2D eigenvalue weighted by atomic mass is 10.0. The number of nitrogens with two attached hydrogens (primary N) is 1. The third kappa shape index (κ3) is 4.52. The fourth-order valence-corrected chi connectivity index (χ4v) is 4.94. The van der Waals surface area contributed by atoms with Crippen LogP contribution in [0.1, 0.15) is 51.3 Å². The molecular weight excluding hydrogens is 406 g/mol. The van der Waals surface area contributed by atoms with Gasteiger partial charge in [0.25, 0.3) is 0 Å². The summed E-state index contributed by atoms with van der Waals surface area (Å²) in [6.45, 7) is 3.85. The Morgan fingerprint density at radius 2 is 1.90 bits per heavy atom. The molecule has 170 valence electrons. The van der Waals surface area contributed by atoms with Crippen LogP contribution in [0.15, 0.2) is 18.3 Å². The number of hydrogen-bond acceptors (Lipinski definition) is 6. The third-order valence-electron chi connectivity index (χ3n) is 6.22. The molecular formula is C22H30F2N4O3. The van der Waals surface area contributed by atoms with Crippen LogP contribution in [0.4, 0.5) is 14.6 Å². The van der Waals surface area contributed by atoms with E-state index < -0.39 is 6.61 Å². The van der Waals surface area contributed by atoms with Crippen LogP contribution in [0.5, 0.6) is 5.75 Å². The minimum Gasteiger partial charge on any atom is -0.431 e. The lowest BCUT2D eigenvalue weighted by Crippen LogP contribution is -2.23. The molecule has 5 atom stereocenters. The summed E-state index contributed by atoms with van der Waals surface area (Å²) < 4.78 is 43.1. The molecule has 2 aromatic heterocycles. The van der Waals surface area contributed by atoms with Gasteiger partial charge >= 0.3 is 6.61 Å². The number of pyridine rings is 1. The molecule has 0 bridgehead atoms. The monoisotopic (exact) mass is 436 g/mol. The second-order valence-corrected chi connectivity index (χ2v) is 8.83. The number of halogens is 2. The summed E-state index contributed by atoms with van der Waals surface area (Å²) in [5.41, 5.74) is 8.13. The summed E-state index contributed by atoms with van der Waals surface area (Å²) in [7, 11) is 1.69. The van der Waals surface area contributed by atoms with Crippen LogP contribution in [-0.4, -0.2) is 47.3 Å². The zero-order valence-electron chi connectivity index (χ0n) is 18.3. The van der Waals surface area contributed by atoms with Gasteiger partial charge in [0.1, 0.15) is 0 Å². The highest BCUT2D eigenvalue weighted by atomic mass is 19.3. The molecule has 0 saturated heterocycles. The Morgan fingerprint density at radius 1 is 1.19 bits per heavy atom. The minimum atomic E-state index is -2.96.